The van der Waals surface area contributed by atoms with E-state index in [0.29, 0.717) is 5.69 Å². The molecule has 0 radical (unpaired) electrons. The van der Waals surface area contributed by atoms with Crippen LogP contribution in [0, 0.1) is 11.3 Å². The van der Waals surface area contributed by atoms with Gasteiger partial charge in [0.2, 0.25) is 0 Å². The predicted molar refractivity (Wildman–Crippen MR) is 61.9 cm³/mol. The SMILES string of the molecule is CCn1cc(C#N)nc1Cc1ccccc1. The minimum absolute atomic E-state index is 0.493. The summed E-state index contributed by atoms with van der Waals surface area (Å²) in [5.74, 6) is 0.949. The lowest BCUT2D eigenvalue weighted by Gasteiger charge is -2.03. The number of imidazole rings is 1. The molecule has 2 rings (SSSR count). The Balaban J connectivity index is 2.28. The molecule has 0 spiro atoms. The average molecular weight is 211 g/mol. The molecule has 3 nitrogen and oxygen atoms in total. The van der Waals surface area contributed by atoms with E-state index in [9.17, 15) is 0 Å². The molecule has 0 saturated carbocycles. The van der Waals surface area contributed by atoms with Crippen LogP contribution in [0.1, 0.15) is 24.0 Å². The molecule has 16 heavy (non-hydrogen) atoms. The van der Waals surface area contributed by atoms with Crippen LogP contribution < -0.4 is 0 Å². The monoisotopic (exact) mass is 211 g/mol. The summed E-state index contributed by atoms with van der Waals surface area (Å²) < 4.78 is 2.02. The number of nitrogens with zero attached hydrogens (tertiary/aromatic N) is 3. The molecular weight excluding hydrogens is 198 g/mol. The quantitative estimate of drug-likeness (QED) is 0.782. The number of aromatic nitrogens is 2. The van der Waals surface area contributed by atoms with Crippen molar-refractivity contribution in [3.05, 3.63) is 53.6 Å². The predicted octanol–water partition coefficient (Wildman–Crippen LogP) is 2.37. The lowest BCUT2D eigenvalue weighted by Crippen LogP contribution is -2.01. The molecule has 0 aliphatic rings. The fourth-order valence-corrected chi connectivity index (χ4v) is 1.70. The number of nitriles is 1. The van der Waals surface area contributed by atoms with Crippen LogP contribution in [-0.2, 0) is 13.0 Å². The van der Waals surface area contributed by atoms with Crippen molar-refractivity contribution in [2.45, 2.75) is 19.9 Å². The first-order valence-electron chi connectivity index (χ1n) is 5.33. The highest BCUT2D eigenvalue weighted by Gasteiger charge is 2.06. The first-order chi connectivity index (χ1) is 7.83. The van der Waals surface area contributed by atoms with Crippen LogP contribution in [0.5, 0.6) is 0 Å². The maximum atomic E-state index is 8.81. The second kappa shape index (κ2) is 4.63. The van der Waals surface area contributed by atoms with E-state index >= 15 is 0 Å². The van der Waals surface area contributed by atoms with Gasteiger partial charge in [-0.15, -0.1) is 0 Å². The first kappa shape index (κ1) is 10.4. The summed E-state index contributed by atoms with van der Waals surface area (Å²) in [6.45, 7) is 2.90. The Kier molecular flexibility index (Phi) is 3.02. The summed E-state index contributed by atoms with van der Waals surface area (Å²) in [5, 5.41) is 8.81. The Labute approximate surface area is 95.0 Å². The molecule has 0 fully saturated rings. The number of hydrogen-bond acceptors (Lipinski definition) is 2. The van der Waals surface area contributed by atoms with Gasteiger partial charge in [-0.1, -0.05) is 30.3 Å². The Hall–Kier alpha value is -2.08. The van der Waals surface area contributed by atoms with Gasteiger partial charge >= 0.3 is 0 Å². The summed E-state index contributed by atoms with van der Waals surface area (Å²) in [5.41, 5.74) is 1.71. The van der Waals surface area contributed by atoms with Crippen LogP contribution in [0.15, 0.2) is 36.5 Å². The van der Waals surface area contributed by atoms with Gasteiger partial charge in [-0.05, 0) is 12.5 Å². The molecule has 0 aliphatic carbocycles. The summed E-state index contributed by atoms with van der Waals surface area (Å²) in [6, 6.07) is 12.2. The highest BCUT2D eigenvalue weighted by atomic mass is 15.1. The number of benzene rings is 1. The number of aryl methyl sites for hydroxylation is 1. The minimum Gasteiger partial charge on any atom is -0.334 e. The Morgan fingerprint density at radius 3 is 2.69 bits per heavy atom. The van der Waals surface area contributed by atoms with Gasteiger partial charge in [0.25, 0.3) is 0 Å². The van der Waals surface area contributed by atoms with Crippen LogP contribution in [0.3, 0.4) is 0 Å². The van der Waals surface area contributed by atoms with Crippen molar-refractivity contribution in [3.8, 4) is 6.07 Å². The Morgan fingerprint density at radius 1 is 1.31 bits per heavy atom. The van der Waals surface area contributed by atoms with Crippen molar-refractivity contribution in [2.24, 2.45) is 0 Å². The van der Waals surface area contributed by atoms with Gasteiger partial charge in [-0.3, -0.25) is 0 Å². The van der Waals surface area contributed by atoms with E-state index in [-0.39, 0.29) is 0 Å². The molecule has 0 bridgehead atoms. The second-order valence-electron chi connectivity index (χ2n) is 3.60. The molecule has 1 aromatic carbocycles. The zero-order chi connectivity index (χ0) is 11.4. The van der Waals surface area contributed by atoms with Gasteiger partial charge in [-0.2, -0.15) is 5.26 Å². The number of rotatable bonds is 3. The maximum Gasteiger partial charge on any atom is 0.158 e. The molecule has 1 aromatic heterocycles. The summed E-state index contributed by atoms with van der Waals surface area (Å²) in [4.78, 5) is 4.30. The van der Waals surface area contributed by atoms with Gasteiger partial charge in [-0.25, -0.2) is 4.98 Å². The topological polar surface area (TPSA) is 41.6 Å². The summed E-state index contributed by atoms with van der Waals surface area (Å²) in [7, 11) is 0. The van der Waals surface area contributed by atoms with Crippen LogP contribution in [0.25, 0.3) is 0 Å². The molecular formula is C13H13N3. The molecule has 0 atom stereocenters. The molecule has 0 aliphatic heterocycles. The minimum atomic E-state index is 0.493. The third-order valence-corrected chi connectivity index (χ3v) is 2.52. The standard InChI is InChI=1S/C13H13N3/c1-2-16-10-12(9-14)15-13(16)8-11-6-4-3-5-7-11/h3-7,10H,2,8H2,1H3. The van der Waals surface area contributed by atoms with E-state index < -0.39 is 0 Å². The van der Waals surface area contributed by atoms with Crippen LogP contribution >= 0.6 is 0 Å². The molecule has 0 unspecified atom stereocenters. The van der Waals surface area contributed by atoms with Crippen molar-refractivity contribution in [2.75, 3.05) is 0 Å². The van der Waals surface area contributed by atoms with Crippen LogP contribution in [0.2, 0.25) is 0 Å². The lowest BCUT2D eigenvalue weighted by atomic mass is 10.1. The fourth-order valence-electron chi connectivity index (χ4n) is 1.70. The normalized spacial score (nSPS) is 10.0. The average Bonchev–Trinajstić information content (AvgIpc) is 2.73. The van der Waals surface area contributed by atoms with Crippen molar-refractivity contribution >= 4 is 0 Å². The highest BCUT2D eigenvalue weighted by Crippen LogP contribution is 2.09. The van der Waals surface area contributed by atoms with Gasteiger partial charge in [0.15, 0.2) is 5.69 Å². The molecule has 80 valence electrons. The summed E-state index contributed by atoms with van der Waals surface area (Å²) in [6.07, 6.45) is 2.58. The zero-order valence-electron chi connectivity index (χ0n) is 9.22. The molecule has 0 N–H and O–H groups in total. The van der Waals surface area contributed by atoms with E-state index in [1.807, 2.05) is 22.8 Å². The Bertz CT molecular complexity index is 506. The van der Waals surface area contributed by atoms with E-state index in [1.165, 1.54) is 5.56 Å². The van der Waals surface area contributed by atoms with E-state index in [1.54, 1.807) is 6.20 Å². The zero-order valence-corrected chi connectivity index (χ0v) is 9.22. The van der Waals surface area contributed by atoms with E-state index in [0.717, 1.165) is 18.8 Å². The van der Waals surface area contributed by atoms with E-state index in [2.05, 4.69) is 30.1 Å². The second-order valence-corrected chi connectivity index (χ2v) is 3.60. The molecule has 0 saturated heterocycles. The largest absolute Gasteiger partial charge is 0.334 e. The smallest absolute Gasteiger partial charge is 0.158 e. The fraction of sp³-hybridized carbons (Fsp3) is 0.231. The van der Waals surface area contributed by atoms with Crippen LogP contribution in [0.4, 0.5) is 0 Å². The first-order valence-corrected chi connectivity index (χ1v) is 5.33. The van der Waals surface area contributed by atoms with Crippen LogP contribution in [-0.4, -0.2) is 9.55 Å². The van der Waals surface area contributed by atoms with Crippen molar-refractivity contribution in [1.29, 1.82) is 5.26 Å². The molecule has 3 heteroatoms. The molecule has 0 amide bonds. The van der Waals surface area contributed by atoms with Crippen molar-refractivity contribution in [3.63, 3.8) is 0 Å². The number of hydrogen-bond donors (Lipinski definition) is 0. The summed E-state index contributed by atoms with van der Waals surface area (Å²) >= 11 is 0. The van der Waals surface area contributed by atoms with Crippen molar-refractivity contribution < 1.29 is 0 Å². The lowest BCUT2D eigenvalue weighted by molar-refractivity contribution is 0.712. The Morgan fingerprint density at radius 2 is 2.06 bits per heavy atom. The van der Waals surface area contributed by atoms with Gasteiger partial charge < -0.3 is 4.57 Å². The van der Waals surface area contributed by atoms with Gasteiger partial charge in [0.05, 0.1) is 0 Å². The van der Waals surface area contributed by atoms with Gasteiger partial charge in [0.1, 0.15) is 11.9 Å². The third-order valence-electron chi connectivity index (χ3n) is 2.52. The molecule has 1 heterocycles. The molecule has 2 aromatic rings. The third kappa shape index (κ3) is 2.12. The van der Waals surface area contributed by atoms with Crippen molar-refractivity contribution in [1.82, 2.24) is 9.55 Å². The van der Waals surface area contributed by atoms with E-state index in [4.69, 9.17) is 5.26 Å². The maximum absolute atomic E-state index is 8.81. The van der Waals surface area contributed by atoms with Gasteiger partial charge in [0, 0.05) is 19.2 Å². The highest BCUT2D eigenvalue weighted by molar-refractivity contribution is 5.24.